The van der Waals surface area contributed by atoms with Crippen molar-refractivity contribution in [3.05, 3.63) is 53.3 Å². The lowest BCUT2D eigenvalue weighted by Gasteiger charge is -2.35. The number of piperazine rings is 1. The third kappa shape index (κ3) is 4.48. The molecular formula is C22H30N4O. The van der Waals surface area contributed by atoms with Crippen molar-refractivity contribution >= 4 is 17.3 Å². The van der Waals surface area contributed by atoms with Gasteiger partial charge in [0.15, 0.2) is 0 Å². The molecular weight excluding hydrogens is 336 g/mol. The van der Waals surface area contributed by atoms with Crippen LogP contribution in [0.5, 0.6) is 0 Å². The normalized spacial score (nSPS) is 15.2. The van der Waals surface area contributed by atoms with Crippen LogP contribution in [0.3, 0.4) is 0 Å². The highest BCUT2D eigenvalue weighted by molar-refractivity contribution is 6.03. The number of hydrogen-bond donors (Lipinski definition) is 1. The Morgan fingerprint density at radius 1 is 1.15 bits per heavy atom. The first kappa shape index (κ1) is 19.4. The van der Waals surface area contributed by atoms with Crippen molar-refractivity contribution < 1.29 is 4.79 Å². The second kappa shape index (κ2) is 8.53. The van der Waals surface area contributed by atoms with E-state index in [0.29, 0.717) is 11.6 Å². The van der Waals surface area contributed by atoms with Gasteiger partial charge in [0.1, 0.15) is 5.69 Å². The molecule has 1 N–H and O–H groups in total. The van der Waals surface area contributed by atoms with Crippen molar-refractivity contribution in [2.75, 3.05) is 42.9 Å². The minimum absolute atomic E-state index is 0.159. The van der Waals surface area contributed by atoms with Crippen LogP contribution in [0.1, 0.15) is 48.3 Å². The van der Waals surface area contributed by atoms with E-state index in [2.05, 4.69) is 46.9 Å². The molecule has 1 aliphatic heterocycles. The number of aromatic nitrogens is 1. The number of aryl methyl sites for hydroxylation is 1. The number of carbonyl (C=O) groups excluding carboxylic acids is 1. The summed E-state index contributed by atoms with van der Waals surface area (Å²) in [5, 5.41) is 3.07. The first-order chi connectivity index (χ1) is 13.0. The molecule has 1 fully saturated rings. The molecule has 1 amide bonds. The van der Waals surface area contributed by atoms with Gasteiger partial charge in [0, 0.05) is 31.9 Å². The first-order valence-corrected chi connectivity index (χ1v) is 9.83. The summed E-state index contributed by atoms with van der Waals surface area (Å²) in [6, 6.07) is 9.95. The summed E-state index contributed by atoms with van der Waals surface area (Å²) < 4.78 is 0. The highest BCUT2D eigenvalue weighted by Crippen LogP contribution is 2.28. The summed E-state index contributed by atoms with van der Waals surface area (Å²) in [5.74, 6) is 0.186. The lowest BCUT2D eigenvalue weighted by atomic mass is 9.98. The topological polar surface area (TPSA) is 48.5 Å². The minimum Gasteiger partial charge on any atom is -0.368 e. The number of nitrogens with zero attached hydrogens (tertiary/aromatic N) is 3. The van der Waals surface area contributed by atoms with Crippen molar-refractivity contribution in [3.8, 4) is 0 Å². The molecule has 1 aromatic heterocycles. The number of anilines is 2. The number of benzene rings is 1. The Labute approximate surface area is 162 Å². The zero-order valence-corrected chi connectivity index (χ0v) is 16.8. The molecule has 27 heavy (non-hydrogen) atoms. The molecule has 1 aliphatic rings. The molecule has 3 rings (SSSR count). The lowest BCUT2D eigenvalue weighted by molar-refractivity contribution is 0.102. The molecule has 2 heterocycles. The van der Waals surface area contributed by atoms with Crippen molar-refractivity contribution in [3.63, 3.8) is 0 Å². The van der Waals surface area contributed by atoms with Gasteiger partial charge in [-0.2, -0.15) is 0 Å². The van der Waals surface area contributed by atoms with Crippen molar-refractivity contribution in [1.29, 1.82) is 0 Å². The second-order valence-electron chi connectivity index (χ2n) is 7.47. The van der Waals surface area contributed by atoms with Gasteiger partial charge < -0.3 is 15.1 Å². The fraction of sp³-hybridized carbons (Fsp3) is 0.455. The number of pyridine rings is 1. The maximum atomic E-state index is 12.7. The van der Waals surface area contributed by atoms with E-state index in [1.165, 1.54) is 0 Å². The number of rotatable bonds is 5. The van der Waals surface area contributed by atoms with Crippen molar-refractivity contribution in [2.24, 2.45) is 0 Å². The Bertz CT molecular complexity index is 777. The van der Waals surface area contributed by atoms with Crippen LogP contribution in [0.4, 0.5) is 11.4 Å². The van der Waals surface area contributed by atoms with E-state index in [9.17, 15) is 4.79 Å². The van der Waals surface area contributed by atoms with E-state index in [0.717, 1.165) is 55.2 Å². The number of para-hydroxylation sites is 1. The van der Waals surface area contributed by atoms with E-state index >= 15 is 0 Å². The van der Waals surface area contributed by atoms with Gasteiger partial charge in [-0.05, 0) is 42.6 Å². The largest absolute Gasteiger partial charge is 0.368 e. The molecule has 0 radical (unpaired) electrons. The zero-order chi connectivity index (χ0) is 19.4. The van der Waals surface area contributed by atoms with Gasteiger partial charge >= 0.3 is 0 Å². The van der Waals surface area contributed by atoms with E-state index in [1.54, 1.807) is 0 Å². The van der Waals surface area contributed by atoms with Gasteiger partial charge in [0.2, 0.25) is 0 Å². The quantitative estimate of drug-likeness (QED) is 0.872. The average molecular weight is 367 g/mol. The van der Waals surface area contributed by atoms with Crippen LogP contribution in [-0.2, 0) is 0 Å². The fourth-order valence-electron chi connectivity index (χ4n) is 3.55. The zero-order valence-electron chi connectivity index (χ0n) is 16.8. The van der Waals surface area contributed by atoms with Gasteiger partial charge in [0.05, 0.1) is 11.9 Å². The van der Waals surface area contributed by atoms with E-state index in [4.69, 9.17) is 0 Å². The van der Waals surface area contributed by atoms with E-state index < -0.39 is 0 Å². The molecule has 1 saturated heterocycles. The Hall–Kier alpha value is -2.40. The van der Waals surface area contributed by atoms with Crippen LogP contribution in [0.15, 0.2) is 36.5 Å². The van der Waals surface area contributed by atoms with E-state index in [-0.39, 0.29) is 5.91 Å². The van der Waals surface area contributed by atoms with Crippen LogP contribution in [0.25, 0.3) is 0 Å². The Kier molecular flexibility index (Phi) is 6.11. The molecule has 0 saturated carbocycles. The average Bonchev–Trinajstić information content (AvgIpc) is 2.69. The third-order valence-corrected chi connectivity index (χ3v) is 5.33. The molecule has 144 valence electrons. The van der Waals surface area contributed by atoms with Gasteiger partial charge in [-0.25, -0.2) is 4.98 Å². The molecule has 2 aromatic rings. The van der Waals surface area contributed by atoms with Crippen molar-refractivity contribution in [2.45, 2.75) is 33.6 Å². The minimum atomic E-state index is -0.159. The summed E-state index contributed by atoms with van der Waals surface area (Å²) in [7, 11) is 0. The monoisotopic (exact) mass is 366 g/mol. The maximum absolute atomic E-state index is 12.7. The van der Waals surface area contributed by atoms with Gasteiger partial charge in [-0.3, -0.25) is 4.79 Å². The van der Waals surface area contributed by atoms with Gasteiger partial charge in [-0.15, -0.1) is 0 Å². The Balaban J connectivity index is 1.70. The van der Waals surface area contributed by atoms with Crippen LogP contribution in [-0.4, -0.2) is 48.5 Å². The SMILES string of the molecule is CCN1CCN(c2ccc(C(=O)Nc3c(C)cccc3C(C)C)nc2)CC1. The maximum Gasteiger partial charge on any atom is 0.274 e. The standard InChI is InChI=1S/C22H30N4O/c1-5-25-11-13-26(14-12-25)18-9-10-20(23-15-18)22(27)24-21-17(4)7-6-8-19(21)16(2)3/h6-10,15-16H,5,11-14H2,1-4H3,(H,24,27). The predicted octanol–water partition coefficient (Wildman–Crippen LogP) is 3.91. The third-order valence-electron chi connectivity index (χ3n) is 5.33. The number of likely N-dealkylation sites (N-methyl/N-ethyl adjacent to an activating group) is 1. The van der Waals surface area contributed by atoms with Gasteiger partial charge in [-0.1, -0.05) is 39.0 Å². The Morgan fingerprint density at radius 3 is 2.48 bits per heavy atom. The molecule has 0 aliphatic carbocycles. The predicted molar refractivity (Wildman–Crippen MR) is 112 cm³/mol. The lowest BCUT2D eigenvalue weighted by Crippen LogP contribution is -2.46. The van der Waals surface area contributed by atoms with E-state index in [1.807, 2.05) is 37.4 Å². The van der Waals surface area contributed by atoms with Gasteiger partial charge in [0.25, 0.3) is 5.91 Å². The number of amides is 1. The number of hydrogen-bond acceptors (Lipinski definition) is 4. The summed E-state index contributed by atoms with van der Waals surface area (Å²) >= 11 is 0. The highest BCUT2D eigenvalue weighted by atomic mass is 16.1. The molecule has 0 bridgehead atoms. The summed E-state index contributed by atoms with van der Waals surface area (Å²) in [6.45, 7) is 13.7. The Morgan fingerprint density at radius 2 is 1.89 bits per heavy atom. The fourth-order valence-corrected chi connectivity index (χ4v) is 3.55. The summed E-state index contributed by atoms with van der Waals surface area (Å²) in [6.07, 6.45) is 1.82. The van der Waals surface area contributed by atoms with Crippen LogP contribution >= 0.6 is 0 Å². The second-order valence-corrected chi connectivity index (χ2v) is 7.47. The van der Waals surface area contributed by atoms with Crippen molar-refractivity contribution in [1.82, 2.24) is 9.88 Å². The van der Waals surface area contributed by atoms with Crippen LogP contribution < -0.4 is 10.2 Å². The summed E-state index contributed by atoms with van der Waals surface area (Å²) in [5.41, 5.74) is 4.65. The van der Waals surface area contributed by atoms with Crippen LogP contribution in [0, 0.1) is 6.92 Å². The molecule has 0 unspecified atom stereocenters. The smallest absolute Gasteiger partial charge is 0.274 e. The molecule has 0 atom stereocenters. The highest BCUT2D eigenvalue weighted by Gasteiger charge is 2.18. The van der Waals surface area contributed by atoms with Crippen LogP contribution in [0.2, 0.25) is 0 Å². The molecule has 5 heteroatoms. The molecule has 0 spiro atoms. The number of nitrogens with one attached hydrogen (secondary N) is 1. The molecule has 1 aromatic carbocycles. The number of carbonyl (C=O) groups is 1. The summed E-state index contributed by atoms with van der Waals surface area (Å²) in [4.78, 5) is 21.9. The molecule has 5 nitrogen and oxygen atoms in total. The first-order valence-electron chi connectivity index (χ1n) is 9.83.